The number of hydrogen-bond donors (Lipinski definition) is 1. The molecule has 0 spiro atoms. The van der Waals surface area contributed by atoms with Gasteiger partial charge in [-0.3, -0.25) is 4.79 Å². The van der Waals surface area contributed by atoms with Crippen molar-refractivity contribution in [1.29, 1.82) is 0 Å². The summed E-state index contributed by atoms with van der Waals surface area (Å²) in [4.78, 5) is 23.6. The van der Waals surface area contributed by atoms with Crippen molar-refractivity contribution in [3.8, 4) is 0 Å². The van der Waals surface area contributed by atoms with Crippen molar-refractivity contribution >= 4 is 29.5 Å². The third-order valence-electron chi connectivity index (χ3n) is 4.07. The topological polar surface area (TPSA) is 104 Å². The molecule has 0 fully saturated rings. The molecule has 3 aromatic rings. The zero-order valence-corrected chi connectivity index (χ0v) is 15.9. The summed E-state index contributed by atoms with van der Waals surface area (Å²) < 4.78 is 10.6. The fourth-order valence-electron chi connectivity index (χ4n) is 2.81. The Hall–Kier alpha value is -3.11. The van der Waals surface area contributed by atoms with Gasteiger partial charge in [-0.1, -0.05) is 30.3 Å². The highest BCUT2D eigenvalue weighted by molar-refractivity contribution is 7.11. The first-order valence-corrected chi connectivity index (χ1v) is 9.40. The van der Waals surface area contributed by atoms with E-state index in [4.69, 9.17) is 9.47 Å². The van der Waals surface area contributed by atoms with E-state index >= 15 is 0 Å². The Labute approximate surface area is 165 Å². The van der Waals surface area contributed by atoms with Crippen molar-refractivity contribution in [3.05, 3.63) is 58.2 Å². The molecule has 1 aromatic carbocycles. The second kappa shape index (κ2) is 8.28. The molecule has 9 nitrogen and oxygen atoms in total. The van der Waals surface area contributed by atoms with Gasteiger partial charge in [-0.15, -0.1) is 16.4 Å². The van der Waals surface area contributed by atoms with Gasteiger partial charge in [0.05, 0.1) is 19.3 Å². The Balaban J connectivity index is 1.39. The van der Waals surface area contributed by atoms with Crippen molar-refractivity contribution in [2.24, 2.45) is 4.99 Å². The van der Waals surface area contributed by atoms with Crippen LogP contribution in [0.2, 0.25) is 0 Å². The number of thiazole rings is 1. The molecule has 1 N–H and O–H groups in total. The van der Waals surface area contributed by atoms with E-state index in [-0.39, 0.29) is 5.91 Å². The lowest BCUT2D eigenvalue weighted by Gasteiger charge is -2.16. The first-order chi connectivity index (χ1) is 13.7. The van der Waals surface area contributed by atoms with Gasteiger partial charge >= 0.3 is 0 Å². The number of amides is 1. The molecule has 1 amide bonds. The van der Waals surface area contributed by atoms with Gasteiger partial charge in [-0.25, -0.2) is 9.98 Å². The summed E-state index contributed by atoms with van der Waals surface area (Å²) in [7, 11) is 1.63. The smallest absolute Gasteiger partial charge is 0.254 e. The molecule has 28 heavy (non-hydrogen) atoms. The van der Waals surface area contributed by atoms with Gasteiger partial charge in [0.2, 0.25) is 0 Å². The molecule has 1 aliphatic rings. The third kappa shape index (κ3) is 4.07. The molecule has 2 atom stereocenters. The second-order valence-electron chi connectivity index (χ2n) is 6.07. The van der Waals surface area contributed by atoms with Crippen LogP contribution in [0.4, 0.5) is 5.82 Å². The number of carbonyl (C=O) groups excluding carboxylic acids is 1. The van der Waals surface area contributed by atoms with E-state index in [9.17, 15) is 4.79 Å². The van der Waals surface area contributed by atoms with Gasteiger partial charge < -0.3 is 14.8 Å². The van der Waals surface area contributed by atoms with E-state index in [2.05, 4.69) is 25.5 Å². The number of aromatic nitrogens is 4. The largest absolute Gasteiger partial charge is 0.473 e. The van der Waals surface area contributed by atoms with E-state index in [1.165, 1.54) is 28.7 Å². The maximum absolute atomic E-state index is 12.6. The number of nitrogens with one attached hydrogen (secondary N) is 1. The number of carbonyl (C=O) groups is 1. The minimum absolute atomic E-state index is 0.296. The molecule has 0 saturated heterocycles. The highest BCUT2D eigenvalue weighted by atomic mass is 32.1. The Morgan fingerprint density at radius 1 is 1.32 bits per heavy atom. The van der Waals surface area contributed by atoms with Crippen molar-refractivity contribution in [3.63, 3.8) is 0 Å². The number of benzene rings is 1. The molecule has 1 aliphatic heterocycles. The third-order valence-corrected chi connectivity index (χ3v) is 5.02. The SMILES string of the molecule is COCc1ncc(Cn2ncc(NC(=O)C3N=COC3c3ccccc3)n2)s1. The maximum Gasteiger partial charge on any atom is 0.254 e. The maximum atomic E-state index is 12.6. The quantitative estimate of drug-likeness (QED) is 0.653. The normalized spacial score (nSPS) is 18.2. The van der Waals surface area contributed by atoms with Gasteiger partial charge in [0, 0.05) is 18.2 Å². The van der Waals surface area contributed by atoms with Gasteiger partial charge in [-0.05, 0) is 5.56 Å². The number of methoxy groups -OCH3 is 1. The number of hydrogen-bond acceptors (Lipinski definition) is 8. The van der Waals surface area contributed by atoms with Gasteiger partial charge in [-0.2, -0.15) is 9.90 Å². The lowest BCUT2D eigenvalue weighted by atomic mass is 10.0. The molecule has 10 heteroatoms. The van der Waals surface area contributed by atoms with E-state index in [0.717, 1.165) is 15.4 Å². The molecule has 3 heterocycles. The summed E-state index contributed by atoms with van der Waals surface area (Å²) in [5.74, 6) is 0.0652. The average Bonchev–Trinajstić information content (AvgIpc) is 3.45. The molecular formula is C18H18N6O3S. The molecule has 144 valence electrons. The van der Waals surface area contributed by atoms with Crippen LogP contribution in [0, 0.1) is 0 Å². The van der Waals surface area contributed by atoms with Gasteiger partial charge in [0.1, 0.15) is 5.01 Å². The lowest BCUT2D eigenvalue weighted by molar-refractivity contribution is -0.118. The first kappa shape index (κ1) is 18.3. The fraction of sp³-hybridized carbons (Fsp3) is 0.278. The fourth-order valence-corrected chi connectivity index (χ4v) is 3.68. The van der Waals surface area contributed by atoms with Crippen LogP contribution in [-0.2, 0) is 27.4 Å². The molecule has 0 aliphatic carbocycles. The van der Waals surface area contributed by atoms with Crippen LogP contribution in [-0.4, -0.2) is 45.4 Å². The van der Waals surface area contributed by atoms with Crippen LogP contribution in [0.1, 0.15) is 21.6 Å². The highest BCUT2D eigenvalue weighted by Crippen LogP contribution is 2.27. The van der Waals surface area contributed by atoms with Crippen LogP contribution in [0.25, 0.3) is 0 Å². The summed E-state index contributed by atoms with van der Waals surface area (Å²) in [5, 5.41) is 12.1. The van der Waals surface area contributed by atoms with Gasteiger partial charge in [0.25, 0.3) is 5.91 Å². The number of aliphatic imine (C=N–C) groups is 1. The van der Waals surface area contributed by atoms with Crippen LogP contribution < -0.4 is 5.32 Å². The minimum Gasteiger partial charge on any atom is -0.473 e. The predicted molar refractivity (Wildman–Crippen MR) is 103 cm³/mol. The molecule has 0 radical (unpaired) electrons. The standard InChI is InChI=1S/C18H18N6O3S/c1-26-10-15-19-7-13(28-15)9-24-21-8-14(23-24)22-18(25)16-17(27-11-20-16)12-5-3-2-4-6-12/h2-8,11,16-17H,9-10H2,1H3,(H,22,23,25). The monoisotopic (exact) mass is 398 g/mol. The Bertz CT molecular complexity index is 971. The summed E-state index contributed by atoms with van der Waals surface area (Å²) in [6.07, 6.45) is 4.15. The molecular weight excluding hydrogens is 380 g/mol. The Morgan fingerprint density at radius 2 is 2.18 bits per heavy atom. The van der Waals surface area contributed by atoms with Gasteiger partial charge in [0.15, 0.2) is 24.4 Å². The van der Waals surface area contributed by atoms with E-state index in [0.29, 0.717) is 19.0 Å². The van der Waals surface area contributed by atoms with E-state index in [1.54, 1.807) is 13.3 Å². The van der Waals surface area contributed by atoms with Crippen molar-refractivity contribution in [1.82, 2.24) is 20.0 Å². The summed E-state index contributed by atoms with van der Waals surface area (Å²) in [6.45, 7) is 0.944. The summed E-state index contributed by atoms with van der Waals surface area (Å²) >= 11 is 1.53. The number of nitrogens with zero attached hydrogens (tertiary/aromatic N) is 5. The molecule has 4 rings (SSSR count). The Morgan fingerprint density at radius 3 is 3.00 bits per heavy atom. The van der Waals surface area contributed by atoms with E-state index in [1.807, 2.05) is 30.3 Å². The lowest BCUT2D eigenvalue weighted by Crippen LogP contribution is -2.30. The highest BCUT2D eigenvalue weighted by Gasteiger charge is 2.34. The second-order valence-corrected chi connectivity index (χ2v) is 7.27. The van der Waals surface area contributed by atoms with Crippen molar-refractivity contribution < 1.29 is 14.3 Å². The zero-order chi connectivity index (χ0) is 19.3. The van der Waals surface area contributed by atoms with Crippen LogP contribution in [0.5, 0.6) is 0 Å². The first-order valence-electron chi connectivity index (χ1n) is 8.58. The van der Waals surface area contributed by atoms with Crippen LogP contribution in [0.15, 0.2) is 47.7 Å². The van der Waals surface area contributed by atoms with Crippen LogP contribution in [0.3, 0.4) is 0 Å². The van der Waals surface area contributed by atoms with Crippen LogP contribution >= 0.6 is 11.3 Å². The Kier molecular flexibility index (Phi) is 5.40. The van der Waals surface area contributed by atoms with Crippen molar-refractivity contribution in [2.45, 2.75) is 25.3 Å². The zero-order valence-electron chi connectivity index (χ0n) is 15.1. The number of ether oxygens (including phenoxy) is 2. The van der Waals surface area contributed by atoms with E-state index < -0.39 is 12.1 Å². The predicted octanol–water partition coefficient (Wildman–Crippen LogP) is 2.04. The molecule has 2 unspecified atom stereocenters. The minimum atomic E-state index is -0.675. The molecule has 0 saturated carbocycles. The molecule has 0 bridgehead atoms. The summed E-state index contributed by atoms with van der Waals surface area (Å²) in [6, 6.07) is 8.84. The molecule has 2 aromatic heterocycles. The summed E-state index contributed by atoms with van der Waals surface area (Å²) in [5.41, 5.74) is 0.890. The number of anilines is 1. The number of rotatable bonds is 7. The average molecular weight is 398 g/mol. The van der Waals surface area contributed by atoms with Crippen molar-refractivity contribution in [2.75, 3.05) is 12.4 Å².